The van der Waals surface area contributed by atoms with Gasteiger partial charge in [-0.05, 0) is 30.9 Å². The molecule has 1 N–H and O–H groups in total. The van der Waals surface area contributed by atoms with Crippen LogP contribution >= 0.6 is 11.8 Å². The van der Waals surface area contributed by atoms with Gasteiger partial charge in [-0.2, -0.15) is 5.10 Å². The van der Waals surface area contributed by atoms with Crippen molar-refractivity contribution in [1.82, 2.24) is 19.7 Å². The topological polar surface area (TPSA) is 55.6 Å². The third-order valence-electron chi connectivity index (χ3n) is 3.28. The highest BCUT2D eigenvalue weighted by atomic mass is 32.2. The summed E-state index contributed by atoms with van der Waals surface area (Å²) in [6, 6.07) is 8.37. The second-order valence-electron chi connectivity index (χ2n) is 4.98. The average molecular weight is 311 g/mol. The van der Waals surface area contributed by atoms with Gasteiger partial charge in [0.15, 0.2) is 0 Å². The first-order valence-electron chi connectivity index (χ1n) is 6.89. The number of anilines is 2. The minimum atomic E-state index is 0.572. The smallest absolute Gasteiger partial charge is 0.227 e. The molecule has 0 bridgehead atoms. The van der Waals surface area contributed by atoms with Gasteiger partial charge in [-0.1, -0.05) is 12.1 Å². The van der Waals surface area contributed by atoms with Crippen LogP contribution in [0, 0.1) is 6.92 Å². The largest absolute Gasteiger partial charge is 0.321 e. The maximum atomic E-state index is 4.65. The lowest BCUT2D eigenvalue weighted by Crippen LogP contribution is -1.99. The summed E-state index contributed by atoms with van der Waals surface area (Å²) in [4.78, 5) is 10.2. The molecule has 22 heavy (non-hydrogen) atoms. The fourth-order valence-electron chi connectivity index (χ4n) is 2.18. The Morgan fingerprint density at radius 1 is 1.23 bits per heavy atom. The van der Waals surface area contributed by atoms with E-state index in [1.165, 1.54) is 4.90 Å². The molecular weight excluding hydrogens is 294 g/mol. The van der Waals surface area contributed by atoms with Crippen LogP contribution in [0.4, 0.5) is 11.6 Å². The minimum absolute atomic E-state index is 0.572. The van der Waals surface area contributed by atoms with E-state index in [4.69, 9.17) is 0 Å². The molecule has 0 aliphatic heterocycles. The van der Waals surface area contributed by atoms with Crippen molar-refractivity contribution in [2.45, 2.75) is 11.8 Å². The molecule has 0 saturated heterocycles. The normalized spacial score (nSPS) is 10.7. The zero-order chi connectivity index (χ0) is 15.5. The predicted octanol–water partition coefficient (Wildman–Crippen LogP) is 3.65. The molecule has 5 nitrogen and oxygen atoms in total. The zero-order valence-electron chi connectivity index (χ0n) is 12.7. The second-order valence-corrected chi connectivity index (χ2v) is 5.86. The van der Waals surface area contributed by atoms with E-state index in [0.29, 0.717) is 5.95 Å². The number of nitrogens with zero attached hydrogens (tertiary/aromatic N) is 4. The molecule has 0 aliphatic rings. The summed E-state index contributed by atoms with van der Waals surface area (Å²) >= 11 is 1.72. The lowest BCUT2D eigenvalue weighted by atomic mass is 10.1. The lowest BCUT2D eigenvalue weighted by molar-refractivity contribution is 0.768. The summed E-state index contributed by atoms with van der Waals surface area (Å²) in [5.74, 6) is 0.572. The van der Waals surface area contributed by atoms with E-state index in [2.05, 4.69) is 50.9 Å². The second kappa shape index (κ2) is 6.19. The molecule has 0 unspecified atom stereocenters. The van der Waals surface area contributed by atoms with E-state index < -0.39 is 0 Å². The Morgan fingerprint density at radius 2 is 2.09 bits per heavy atom. The van der Waals surface area contributed by atoms with Crippen molar-refractivity contribution in [3.8, 4) is 11.3 Å². The third kappa shape index (κ3) is 3.12. The van der Waals surface area contributed by atoms with E-state index in [1.54, 1.807) is 22.6 Å². The number of aryl methyl sites for hydroxylation is 2. The molecule has 3 aromatic rings. The molecule has 0 radical (unpaired) electrons. The molecule has 0 fully saturated rings. The summed E-state index contributed by atoms with van der Waals surface area (Å²) in [6.45, 7) is 2.02. The van der Waals surface area contributed by atoms with Crippen molar-refractivity contribution in [2.75, 3.05) is 11.6 Å². The van der Waals surface area contributed by atoms with Crippen molar-refractivity contribution in [2.24, 2.45) is 7.05 Å². The molecule has 112 valence electrons. The van der Waals surface area contributed by atoms with Gasteiger partial charge in [0.2, 0.25) is 5.95 Å². The predicted molar refractivity (Wildman–Crippen MR) is 90.5 cm³/mol. The zero-order valence-corrected chi connectivity index (χ0v) is 13.6. The first kappa shape index (κ1) is 14.6. The van der Waals surface area contributed by atoms with Gasteiger partial charge < -0.3 is 5.32 Å². The Balaban J connectivity index is 1.95. The number of hydrogen-bond donors (Lipinski definition) is 1. The van der Waals surface area contributed by atoms with Gasteiger partial charge >= 0.3 is 0 Å². The molecular formula is C16H17N5S. The molecule has 0 spiro atoms. The summed E-state index contributed by atoms with van der Waals surface area (Å²) in [5, 5.41) is 7.31. The van der Waals surface area contributed by atoms with E-state index >= 15 is 0 Å². The number of nitrogens with one attached hydrogen (secondary N) is 1. The Hall–Kier alpha value is -2.34. The number of thioether (sulfide) groups is 1. The van der Waals surface area contributed by atoms with Gasteiger partial charge in [0, 0.05) is 29.9 Å². The van der Waals surface area contributed by atoms with Gasteiger partial charge in [-0.25, -0.2) is 9.97 Å². The van der Waals surface area contributed by atoms with Gasteiger partial charge in [-0.3, -0.25) is 4.68 Å². The average Bonchev–Trinajstić information content (AvgIpc) is 2.94. The third-order valence-corrected chi connectivity index (χ3v) is 4.00. The molecule has 0 atom stereocenters. The van der Waals surface area contributed by atoms with E-state index in [-0.39, 0.29) is 0 Å². The maximum absolute atomic E-state index is 4.65. The number of rotatable bonds is 4. The van der Waals surface area contributed by atoms with Gasteiger partial charge in [-0.15, -0.1) is 11.8 Å². The van der Waals surface area contributed by atoms with Crippen LogP contribution in [-0.2, 0) is 7.05 Å². The molecule has 3 rings (SSSR count). The highest BCUT2D eigenvalue weighted by Crippen LogP contribution is 2.26. The number of benzene rings is 1. The minimum Gasteiger partial charge on any atom is -0.321 e. The van der Waals surface area contributed by atoms with Crippen molar-refractivity contribution in [3.05, 3.63) is 48.4 Å². The standard InChI is InChI=1S/C16H17N5S/c1-11-8-17-16(19-13-9-18-21(2)10-13)20-15(11)12-5-4-6-14(7-12)22-3/h4-10H,1-3H3,(H,17,19,20). The Morgan fingerprint density at radius 3 is 2.82 bits per heavy atom. The van der Waals surface area contributed by atoms with Crippen LogP contribution in [-0.4, -0.2) is 26.0 Å². The first-order valence-corrected chi connectivity index (χ1v) is 8.12. The number of hydrogen-bond acceptors (Lipinski definition) is 5. The monoisotopic (exact) mass is 311 g/mol. The van der Waals surface area contributed by atoms with Crippen molar-refractivity contribution in [3.63, 3.8) is 0 Å². The van der Waals surface area contributed by atoms with Gasteiger partial charge in [0.05, 0.1) is 17.6 Å². The lowest BCUT2D eigenvalue weighted by Gasteiger charge is -2.09. The van der Waals surface area contributed by atoms with E-state index in [0.717, 1.165) is 22.5 Å². The summed E-state index contributed by atoms with van der Waals surface area (Å²) in [5.41, 5.74) is 3.96. The van der Waals surface area contributed by atoms with Crippen molar-refractivity contribution in [1.29, 1.82) is 0 Å². The van der Waals surface area contributed by atoms with Crippen LogP contribution < -0.4 is 5.32 Å². The van der Waals surface area contributed by atoms with Crippen LogP contribution in [0.15, 0.2) is 47.8 Å². The molecule has 1 aromatic carbocycles. The molecule has 2 heterocycles. The molecule has 0 aliphatic carbocycles. The van der Waals surface area contributed by atoms with E-state index in [1.807, 2.05) is 26.4 Å². The van der Waals surface area contributed by atoms with Gasteiger partial charge in [0.1, 0.15) is 0 Å². The van der Waals surface area contributed by atoms with Crippen LogP contribution in [0.25, 0.3) is 11.3 Å². The van der Waals surface area contributed by atoms with Crippen molar-refractivity contribution < 1.29 is 0 Å². The van der Waals surface area contributed by atoms with Crippen molar-refractivity contribution >= 4 is 23.4 Å². The maximum Gasteiger partial charge on any atom is 0.227 e. The van der Waals surface area contributed by atoms with Crippen LogP contribution in [0.2, 0.25) is 0 Å². The Kier molecular flexibility index (Phi) is 4.11. The fraction of sp³-hybridized carbons (Fsp3) is 0.188. The fourth-order valence-corrected chi connectivity index (χ4v) is 2.64. The quantitative estimate of drug-likeness (QED) is 0.745. The van der Waals surface area contributed by atoms with Crippen LogP contribution in [0.1, 0.15) is 5.56 Å². The molecule has 0 saturated carbocycles. The summed E-state index contributed by atoms with van der Waals surface area (Å²) in [7, 11) is 1.88. The summed E-state index contributed by atoms with van der Waals surface area (Å²) < 4.78 is 1.74. The highest BCUT2D eigenvalue weighted by molar-refractivity contribution is 7.98. The molecule has 2 aromatic heterocycles. The summed E-state index contributed by atoms with van der Waals surface area (Å²) in [6.07, 6.45) is 7.54. The Labute approximate surface area is 133 Å². The first-order chi connectivity index (χ1) is 10.7. The van der Waals surface area contributed by atoms with Crippen LogP contribution in [0.3, 0.4) is 0 Å². The van der Waals surface area contributed by atoms with E-state index in [9.17, 15) is 0 Å². The molecule has 6 heteroatoms. The number of aromatic nitrogens is 4. The van der Waals surface area contributed by atoms with Gasteiger partial charge in [0.25, 0.3) is 0 Å². The highest BCUT2D eigenvalue weighted by Gasteiger charge is 2.08. The SMILES string of the molecule is CSc1cccc(-c2nc(Nc3cnn(C)c3)ncc2C)c1. The Bertz CT molecular complexity index is 797. The molecule has 0 amide bonds. The van der Waals surface area contributed by atoms with Crippen LogP contribution in [0.5, 0.6) is 0 Å².